The van der Waals surface area contributed by atoms with Gasteiger partial charge in [-0.25, -0.2) is 0 Å². The van der Waals surface area contributed by atoms with Crippen LogP contribution in [-0.2, 0) is 10.4 Å². The highest BCUT2D eigenvalue weighted by Gasteiger charge is 1.84. The van der Waals surface area contributed by atoms with Crippen LogP contribution in [0.4, 0.5) is 0 Å². The summed E-state index contributed by atoms with van der Waals surface area (Å²) < 4.78 is 31.6. The minimum atomic E-state index is -4.67. The minimum Gasteiger partial charge on any atom is -0.333 e. The molecule has 0 aliphatic rings. The average molecular weight is 160 g/mol. The SMILES string of the molecule is CN.CN.O=S(=O)(O)O. The summed E-state index contributed by atoms with van der Waals surface area (Å²) in [5, 5.41) is 0. The molecule has 0 aromatic carbocycles. The van der Waals surface area contributed by atoms with E-state index in [-0.39, 0.29) is 0 Å². The first kappa shape index (κ1) is 15.9. The Morgan fingerprint density at radius 2 is 1.00 bits per heavy atom. The Bertz CT molecular complexity index is 99.7. The summed E-state index contributed by atoms with van der Waals surface area (Å²) >= 11 is 0. The third-order valence-electron chi connectivity index (χ3n) is 0. The molecule has 0 radical (unpaired) electrons. The Balaban J connectivity index is -0.0000000771. The van der Waals surface area contributed by atoms with Gasteiger partial charge in [-0.1, -0.05) is 0 Å². The van der Waals surface area contributed by atoms with E-state index in [9.17, 15) is 0 Å². The molecule has 0 aromatic rings. The van der Waals surface area contributed by atoms with Gasteiger partial charge >= 0.3 is 10.4 Å². The highest BCUT2D eigenvalue weighted by Crippen LogP contribution is 1.59. The monoisotopic (exact) mass is 160 g/mol. The molecule has 7 heteroatoms. The molecule has 0 saturated heterocycles. The van der Waals surface area contributed by atoms with E-state index in [2.05, 4.69) is 11.5 Å². The molecule has 0 amide bonds. The lowest BCUT2D eigenvalue weighted by atomic mass is 11.6. The van der Waals surface area contributed by atoms with Crippen molar-refractivity contribution in [2.45, 2.75) is 0 Å². The molecule has 0 saturated carbocycles. The van der Waals surface area contributed by atoms with Gasteiger partial charge in [0.05, 0.1) is 0 Å². The van der Waals surface area contributed by atoms with Gasteiger partial charge in [0, 0.05) is 0 Å². The van der Waals surface area contributed by atoms with Crippen LogP contribution in [0, 0.1) is 0 Å². The normalized spacial score (nSPS) is 7.78. The maximum atomic E-state index is 8.74. The maximum absolute atomic E-state index is 8.74. The molecule has 0 rings (SSSR count). The van der Waals surface area contributed by atoms with E-state index in [4.69, 9.17) is 17.5 Å². The van der Waals surface area contributed by atoms with Gasteiger partial charge in [-0.3, -0.25) is 9.11 Å². The van der Waals surface area contributed by atoms with Crippen molar-refractivity contribution in [3.8, 4) is 0 Å². The molecule has 60 valence electrons. The van der Waals surface area contributed by atoms with Gasteiger partial charge in [-0.15, -0.1) is 0 Å². The fraction of sp³-hybridized carbons (Fsp3) is 1.00. The summed E-state index contributed by atoms with van der Waals surface area (Å²) in [6.07, 6.45) is 0. The molecule has 6 nitrogen and oxygen atoms in total. The van der Waals surface area contributed by atoms with Crippen molar-refractivity contribution >= 4 is 10.4 Å². The van der Waals surface area contributed by atoms with Gasteiger partial charge in [0.1, 0.15) is 0 Å². The molecule has 6 N–H and O–H groups in total. The van der Waals surface area contributed by atoms with Gasteiger partial charge in [0.2, 0.25) is 0 Å². The summed E-state index contributed by atoms with van der Waals surface area (Å²) in [6, 6.07) is 0. The second-order valence-electron chi connectivity index (χ2n) is 0.448. The molecule has 0 aromatic heterocycles. The maximum Gasteiger partial charge on any atom is 0.394 e. The van der Waals surface area contributed by atoms with E-state index in [1.807, 2.05) is 0 Å². The third kappa shape index (κ3) is 5920. The topological polar surface area (TPSA) is 127 Å². The van der Waals surface area contributed by atoms with E-state index < -0.39 is 10.4 Å². The van der Waals surface area contributed by atoms with Crippen molar-refractivity contribution in [2.75, 3.05) is 14.1 Å². The lowest BCUT2D eigenvalue weighted by Crippen LogP contribution is -1.89. The molecule has 0 unspecified atom stereocenters. The Morgan fingerprint density at radius 1 is 1.00 bits per heavy atom. The zero-order chi connectivity index (χ0) is 8.50. The van der Waals surface area contributed by atoms with Gasteiger partial charge < -0.3 is 11.5 Å². The van der Waals surface area contributed by atoms with Crippen LogP contribution >= 0.6 is 0 Å². The summed E-state index contributed by atoms with van der Waals surface area (Å²) in [7, 11) is -1.67. The van der Waals surface area contributed by atoms with Crippen molar-refractivity contribution in [2.24, 2.45) is 11.5 Å². The highest BCUT2D eigenvalue weighted by molar-refractivity contribution is 7.79. The Morgan fingerprint density at radius 3 is 1.00 bits per heavy atom. The van der Waals surface area contributed by atoms with Crippen molar-refractivity contribution in [3.05, 3.63) is 0 Å². The van der Waals surface area contributed by atoms with E-state index in [0.29, 0.717) is 0 Å². The van der Waals surface area contributed by atoms with Crippen LogP contribution in [0.5, 0.6) is 0 Å². The summed E-state index contributed by atoms with van der Waals surface area (Å²) in [4.78, 5) is 0. The quantitative estimate of drug-likeness (QED) is 0.319. The molecule has 0 atom stereocenters. The molecule has 0 aliphatic heterocycles. The molecule has 0 heterocycles. The fourth-order valence-electron chi connectivity index (χ4n) is 0. The van der Waals surface area contributed by atoms with Crippen LogP contribution in [0.15, 0.2) is 0 Å². The van der Waals surface area contributed by atoms with E-state index in [1.165, 1.54) is 14.1 Å². The second-order valence-corrected chi connectivity index (χ2v) is 1.34. The highest BCUT2D eigenvalue weighted by atomic mass is 32.3. The number of rotatable bonds is 0. The minimum absolute atomic E-state index is 1.50. The van der Waals surface area contributed by atoms with Crippen LogP contribution in [0.25, 0.3) is 0 Å². The lowest BCUT2D eigenvalue weighted by molar-refractivity contribution is 0.381. The predicted molar refractivity (Wildman–Crippen MR) is 34.4 cm³/mol. The summed E-state index contributed by atoms with van der Waals surface area (Å²) in [5.74, 6) is 0. The van der Waals surface area contributed by atoms with Crippen LogP contribution < -0.4 is 11.5 Å². The van der Waals surface area contributed by atoms with Crippen molar-refractivity contribution < 1.29 is 17.5 Å². The van der Waals surface area contributed by atoms with E-state index in [0.717, 1.165) is 0 Å². The molecular weight excluding hydrogens is 148 g/mol. The number of hydrogen-bond donors (Lipinski definition) is 4. The first-order valence-corrected chi connectivity index (χ1v) is 3.25. The van der Waals surface area contributed by atoms with Crippen LogP contribution in [0.2, 0.25) is 0 Å². The van der Waals surface area contributed by atoms with E-state index >= 15 is 0 Å². The standard InChI is InChI=1S/2CH5N.H2O4S/c2*1-2;1-5(2,3)4/h2*2H2,1H3;(H2,1,2,3,4). The lowest BCUT2D eigenvalue weighted by Gasteiger charge is -1.68. The van der Waals surface area contributed by atoms with Gasteiger partial charge in [0.15, 0.2) is 0 Å². The van der Waals surface area contributed by atoms with Crippen LogP contribution in [0.3, 0.4) is 0 Å². The molecular formula is C2H12N2O4S. The number of nitrogens with two attached hydrogens (primary N) is 2. The predicted octanol–water partition coefficient (Wildman–Crippen LogP) is -1.50. The molecule has 0 spiro atoms. The van der Waals surface area contributed by atoms with Gasteiger partial charge in [-0.2, -0.15) is 8.42 Å². The van der Waals surface area contributed by atoms with Crippen molar-refractivity contribution in [1.82, 2.24) is 0 Å². The summed E-state index contributed by atoms with van der Waals surface area (Å²) in [6.45, 7) is 0. The molecule has 9 heavy (non-hydrogen) atoms. The van der Waals surface area contributed by atoms with Crippen molar-refractivity contribution in [3.63, 3.8) is 0 Å². The Hall–Kier alpha value is -0.210. The van der Waals surface area contributed by atoms with E-state index in [1.54, 1.807) is 0 Å². The van der Waals surface area contributed by atoms with Gasteiger partial charge in [-0.05, 0) is 14.1 Å². The summed E-state index contributed by atoms with van der Waals surface area (Å²) in [5.41, 5.74) is 9.00. The second kappa shape index (κ2) is 10.7. The first-order chi connectivity index (χ1) is 4.00. The average Bonchev–Trinajstić information content (AvgIpc) is 1.72. The zero-order valence-electron chi connectivity index (χ0n) is 5.27. The smallest absolute Gasteiger partial charge is 0.333 e. The van der Waals surface area contributed by atoms with Crippen molar-refractivity contribution in [1.29, 1.82) is 0 Å². The third-order valence-corrected chi connectivity index (χ3v) is 0. The number of hydrogen-bond acceptors (Lipinski definition) is 4. The fourth-order valence-corrected chi connectivity index (χ4v) is 0. The zero-order valence-corrected chi connectivity index (χ0v) is 6.09. The Kier molecular flexibility index (Phi) is 18.9. The van der Waals surface area contributed by atoms with Crippen LogP contribution in [-0.4, -0.2) is 31.6 Å². The Labute approximate surface area is 54.4 Å². The van der Waals surface area contributed by atoms with Gasteiger partial charge in [0.25, 0.3) is 0 Å². The molecule has 0 aliphatic carbocycles. The molecule has 0 bridgehead atoms. The van der Waals surface area contributed by atoms with Crippen LogP contribution in [0.1, 0.15) is 0 Å². The molecule has 0 fully saturated rings. The first-order valence-electron chi connectivity index (χ1n) is 1.85. The largest absolute Gasteiger partial charge is 0.394 e.